The molecule has 0 radical (unpaired) electrons. The molecule has 0 atom stereocenters. The topological polar surface area (TPSA) is 92.7 Å². The van der Waals surface area contributed by atoms with Gasteiger partial charge in [0.15, 0.2) is 0 Å². The minimum absolute atomic E-state index is 0.134. The van der Waals surface area contributed by atoms with Gasteiger partial charge in [0.05, 0.1) is 22.9 Å². The van der Waals surface area contributed by atoms with Crippen molar-refractivity contribution in [2.24, 2.45) is 0 Å². The van der Waals surface area contributed by atoms with E-state index in [2.05, 4.69) is 20.5 Å². The molecular weight excluding hydrogens is 349 g/mol. The first-order valence-electron chi connectivity index (χ1n) is 8.14. The highest BCUT2D eigenvalue weighted by Crippen LogP contribution is 2.18. The van der Waals surface area contributed by atoms with Gasteiger partial charge in [-0.3, -0.25) is 19.3 Å². The molecule has 0 saturated heterocycles. The monoisotopic (exact) mass is 363 g/mol. The lowest BCUT2D eigenvalue weighted by atomic mass is 10.1. The number of hydrogen-bond donors (Lipinski definition) is 2. The van der Waals surface area contributed by atoms with Crippen molar-refractivity contribution in [3.8, 4) is 11.3 Å². The van der Waals surface area contributed by atoms with E-state index in [4.69, 9.17) is 0 Å². The van der Waals surface area contributed by atoms with Crippen molar-refractivity contribution in [1.82, 2.24) is 19.7 Å². The van der Waals surface area contributed by atoms with Gasteiger partial charge < -0.3 is 5.32 Å². The quantitative estimate of drug-likeness (QED) is 0.583. The van der Waals surface area contributed by atoms with Gasteiger partial charge in [0, 0.05) is 11.9 Å². The van der Waals surface area contributed by atoms with Crippen LogP contribution in [-0.4, -0.2) is 25.7 Å². The maximum Gasteiger partial charge on any atom is 0.261 e. The Hall–Kier alpha value is -3.81. The fourth-order valence-corrected chi connectivity index (χ4v) is 2.75. The van der Waals surface area contributed by atoms with E-state index in [1.54, 1.807) is 18.3 Å². The molecule has 0 saturated carbocycles. The minimum Gasteiger partial charge on any atom is -0.325 e. The lowest BCUT2D eigenvalue weighted by Crippen LogP contribution is -2.28. The standard InChI is InChI=1S/C19H14FN5O2/c20-13-3-6-17-15(9-13)19(27)25(11-21-17)10-18(26)23-14-4-1-12(2-5-14)16-7-8-22-24-16/h1-9,11H,10H2,(H,22,24)(H,23,26). The maximum atomic E-state index is 13.4. The van der Waals surface area contributed by atoms with Crippen LogP contribution in [0.5, 0.6) is 0 Å². The SMILES string of the molecule is O=C(Cn1cnc2ccc(F)cc2c1=O)Nc1ccc(-c2ccn[nH]2)cc1. The molecule has 2 heterocycles. The van der Waals surface area contributed by atoms with Gasteiger partial charge >= 0.3 is 0 Å². The first-order valence-corrected chi connectivity index (χ1v) is 8.14. The summed E-state index contributed by atoms with van der Waals surface area (Å²) in [7, 11) is 0. The van der Waals surface area contributed by atoms with Crippen LogP contribution in [-0.2, 0) is 11.3 Å². The Kier molecular flexibility index (Phi) is 4.21. The van der Waals surface area contributed by atoms with E-state index >= 15 is 0 Å². The summed E-state index contributed by atoms with van der Waals surface area (Å²) in [5.74, 6) is -0.912. The number of rotatable bonds is 4. The van der Waals surface area contributed by atoms with Gasteiger partial charge in [-0.1, -0.05) is 12.1 Å². The number of carbonyl (C=O) groups is 1. The van der Waals surface area contributed by atoms with Crippen LogP contribution < -0.4 is 10.9 Å². The number of aromatic amines is 1. The minimum atomic E-state index is -0.527. The highest BCUT2D eigenvalue weighted by molar-refractivity contribution is 5.91. The number of benzene rings is 2. The summed E-state index contributed by atoms with van der Waals surface area (Å²) < 4.78 is 14.5. The molecule has 2 aromatic heterocycles. The van der Waals surface area contributed by atoms with E-state index in [0.717, 1.165) is 21.9 Å². The molecule has 0 spiro atoms. The number of halogens is 1. The summed E-state index contributed by atoms with van der Waals surface area (Å²) in [5, 5.41) is 9.61. The van der Waals surface area contributed by atoms with Gasteiger partial charge in [-0.15, -0.1) is 0 Å². The van der Waals surface area contributed by atoms with E-state index in [9.17, 15) is 14.0 Å². The predicted molar refractivity (Wildman–Crippen MR) is 98.6 cm³/mol. The number of fused-ring (bicyclic) bond motifs is 1. The average molecular weight is 363 g/mol. The first kappa shape index (κ1) is 16.6. The number of aromatic nitrogens is 4. The summed E-state index contributed by atoms with van der Waals surface area (Å²) in [4.78, 5) is 28.8. The second-order valence-electron chi connectivity index (χ2n) is 5.93. The lowest BCUT2D eigenvalue weighted by Gasteiger charge is -2.08. The van der Waals surface area contributed by atoms with Gasteiger partial charge in [0.1, 0.15) is 12.4 Å². The number of nitrogens with one attached hydrogen (secondary N) is 2. The number of anilines is 1. The second-order valence-corrected chi connectivity index (χ2v) is 5.93. The number of carbonyl (C=O) groups excluding carboxylic acids is 1. The largest absolute Gasteiger partial charge is 0.325 e. The van der Waals surface area contributed by atoms with Crippen molar-refractivity contribution in [3.05, 3.63) is 77.2 Å². The third-order valence-corrected chi connectivity index (χ3v) is 4.08. The first-order chi connectivity index (χ1) is 13.1. The molecule has 1 amide bonds. The number of amides is 1. The number of H-pyrrole nitrogens is 1. The Morgan fingerprint density at radius 3 is 2.70 bits per heavy atom. The molecule has 0 aliphatic rings. The summed E-state index contributed by atoms with van der Waals surface area (Å²) >= 11 is 0. The molecule has 0 fully saturated rings. The van der Waals surface area contributed by atoms with Crippen LogP contribution in [0.25, 0.3) is 22.2 Å². The third kappa shape index (κ3) is 3.45. The Labute approximate surface area is 152 Å². The van der Waals surface area contributed by atoms with Crippen LogP contribution in [0.15, 0.2) is 65.8 Å². The molecule has 0 unspecified atom stereocenters. The third-order valence-electron chi connectivity index (χ3n) is 4.08. The fourth-order valence-electron chi connectivity index (χ4n) is 2.75. The van der Waals surface area contributed by atoms with Crippen molar-refractivity contribution in [2.75, 3.05) is 5.32 Å². The van der Waals surface area contributed by atoms with Gasteiger partial charge in [-0.05, 0) is 42.0 Å². The summed E-state index contributed by atoms with van der Waals surface area (Å²) in [6.07, 6.45) is 2.94. The van der Waals surface area contributed by atoms with E-state index in [1.165, 1.54) is 18.5 Å². The number of nitrogens with zero attached hydrogens (tertiary/aromatic N) is 3. The smallest absolute Gasteiger partial charge is 0.261 e. The maximum absolute atomic E-state index is 13.4. The molecule has 2 aromatic carbocycles. The Balaban J connectivity index is 1.50. The molecule has 8 heteroatoms. The zero-order chi connectivity index (χ0) is 18.8. The molecule has 2 N–H and O–H groups in total. The predicted octanol–water partition coefficient (Wildman–Crippen LogP) is 2.56. The average Bonchev–Trinajstić information content (AvgIpc) is 3.20. The Morgan fingerprint density at radius 1 is 1.15 bits per heavy atom. The molecule has 0 aliphatic carbocycles. The normalized spacial score (nSPS) is 10.9. The van der Waals surface area contributed by atoms with Crippen molar-refractivity contribution in [3.63, 3.8) is 0 Å². The van der Waals surface area contributed by atoms with Gasteiger partial charge in [0.2, 0.25) is 5.91 Å². The van der Waals surface area contributed by atoms with E-state index < -0.39 is 11.4 Å². The molecule has 134 valence electrons. The van der Waals surface area contributed by atoms with Gasteiger partial charge in [0.25, 0.3) is 5.56 Å². The summed E-state index contributed by atoms with van der Waals surface area (Å²) in [6, 6.07) is 12.8. The molecule has 7 nitrogen and oxygen atoms in total. The van der Waals surface area contributed by atoms with E-state index in [-0.39, 0.29) is 17.8 Å². The molecule has 4 rings (SSSR count). The van der Waals surface area contributed by atoms with Gasteiger partial charge in [-0.2, -0.15) is 5.10 Å². The molecule has 0 aliphatic heterocycles. The van der Waals surface area contributed by atoms with Crippen LogP contribution in [0.2, 0.25) is 0 Å². The molecule has 27 heavy (non-hydrogen) atoms. The van der Waals surface area contributed by atoms with Crippen LogP contribution in [0.3, 0.4) is 0 Å². The Bertz CT molecular complexity index is 1170. The second kappa shape index (κ2) is 6.83. The highest BCUT2D eigenvalue weighted by atomic mass is 19.1. The van der Waals surface area contributed by atoms with Crippen LogP contribution in [0.1, 0.15) is 0 Å². The zero-order valence-electron chi connectivity index (χ0n) is 14.0. The highest BCUT2D eigenvalue weighted by Gasteiger charge is 2.09. The van der Waals surface area contributed by atoms with Crippen LogP contribution >= 0.6 is 0 Å². The molecule has 4 aromatic rings. The summed E-state index contributed by atoms with van der Waals surface area (Å²) in [5.41, 5.74) is 2.31. The van der Waals surface area contributed by atoms with E-state index in [0.29, 0.717) is 11.2 Å². The van der Waals surface area contributed by atoms with E-state index in [1.807, 2.05) is 18.2 Å². The van der Waals surface area contributed by atoms with Crippen molar-refractivity contribution in [1.29, 1.82) is 0 Å². The van der Waals surface area contributed by atoms with Crippen molar-refractivity contribution < 1.29 is 9.18 Å². The Morgan fingerprint density at radius 2 is 1.96 bits per heavy atom. The molecule has 0 bridgehead atoms. The fraction of sp³-hybridized carbons (Fsp3) is 0.0526. The number of hydrogen-bond acceptors (Lipinski definition) is 4. The summed E-state index contributed by atoms with van der Waals surface area (Å²) in [6.45, 7) is -0.222. The van der Waals surface area contributed by atoms with Crippen LogP contribution in [0, 0.1) is 5.82 Å². The van der Waals surface area contributed by atoms with Gasteiger partial charge in [-0.25, -0.2) is 9.37 Å². The lowest BCUT2D eigenvalue weighted by molar-refractivity contribution is -0.116. The van der Waals surface area contributed by atoms with Crippen molar-refractivity contribution >= 4 is 22.5 Å². The zero-order valence-corrected chi connectivity index (χ0v) is 14.0. The van der Waals surface area contributed by atoms with Crippen molar-refractivity contribution in [2.45, 2.75) is 6.54 Å². The molecular formula is C19H14FN5O2. The van der Waals surface area contributed by atoms with Crippen LogP contribution in [0.4, 0.5) is 10.1 Å².